The molecule has 2 aromatic rings. The Kier molecular flexibility index (Phi) is 4.78. The summed E-state index contributed by atoms with van der Waals surface area (Å²) in [6, 6.07) is 11.9. The lowest BCUT2D eigenvalue weighted by Gasteiger charge is -2.13. The number of rotatable bonds is 6. The summed E-state index contributed by atoms with van der Waals surface area (Å²) in [4.78, 5) is 11.9. The van der Waals surface area contributed by atoms with Gasteiger partial charge in [-0.25, -0.2) is 0 Å². The normalized spacial score (nSPS) is 12.3. The van der Waals surface area contributed by atoms with Crippen LogP contribution < -0.4 is 4.74 Å². The van der Waals surface area contributed by atoms with E-state index in [4.69, 9.17) is 4.74 Å². The first-order valence-corrected chi connectivity index (χ1v) is 7.37. The second-order valence-corrected chi connectivity index (χ2v) is 5.23. The third kappa shape index (κ3) is 3.38. The molecule has 0 aliphatic rings. The van der Waals surface area contributed by atoms with Gasteiger partial charge in [0.2, 0.25) is 0 Å². The molecule has 0 N–H and O–H groups in total. The summed E-state index contributed by atoms with van der Waals surface area (Å²) in [6.07, 6.45) is 2.71. The zero-order valence-corrected chi connectivity index (χ0v) is 12.5. The van der Waals surface area contributed by atoms with Crippen molar-refractivity contribution in [3.05, 3.63) is 42.0 Å². The van der Waals surface area contributed by atoms with Gasteiger partial charge in [-0.3, -0.25) is 4.79 Å². The van der Waals surface area contributed by atoms with Gasteiger partial charge in [0.1, 0.15) is 5.75 Å². The van der Waals surface area contributed by atoms with Crippen molar-refractivity contribution in [1.29, 1.82) is 0 Å². The zero-order valence-electron chi connectivity index (χ0n) is 12.5. The maximum Gasteiger partial charge on any atom is 0.162 e. The minimum Gasteiger partial charge on any atom is -0.491 e. The number of ketones is 1. The second-order valence-electron chi connectivity index (χ2n) is 5.23. The molecule has 1 atom stereocenters. The van der Waals surface area contributed by atoms with Gasteiger partial charge in [-0.05, 0) is 48.7 Å². The van der Waals surface area contributed by atoms with Crippen LogP contribution >= 0.6 is 0 Å². The van der Waals surface area contributed by atoms with Crippen LogP contribution in [0.25, 0.3) is 10.8 Å². The molecule has 2 aromatic carbocycles. The van der Waals surface area contributed by atoms with E-state index in [9.17, 15) is 4.79 Å². The van der Waals surface area contributed by atoms with E-state index < -0.39 is 0 Å². The van der Waals surface area contributed by atoms with E-state index >= 15 is 0 Å². The highest BCUT2D eigenvalue weighted by Crippen LogP contribution is 2.23. The number of hydrogen-bond acceptors (Lipinski definition) is 2. The summed E-state index contributed by atoms with van der Waals surface area (Å²) in [5.41, 5.74) is 0.801. The molecule has 0 saturated carbocycles. The van der Waals surface area contributed by atoms with E-state index in [1.54, 1.807) is 0 Å². The van der Waals surface area contributed by atoms with Crippen molar-refractivity contribution in [1.82, 2.24) is 0 Å². The van der Waals surface area contributed by atoms with Gasteiger partial charge in [0, 0.05) is 12.0 Å². The molecule has 2 rings (SSSR count). The quantitative estimate of drug-likeness (QED) is 0.690. The van der Waals surface area contributed by atoms with Crippen molar-refractivity contribution in [3.63, 3.8) is 0 Å². The van der Waals surface area contributed by atoms with Gasteiger partial charge in [0.25, 0.3) is 0 Å². The molecule has 2 heteroatoms. The van der Waals surface area contributed by atoms with E-state index in [-0.39, 0.29) is 11.9 Å². The van der Waals surface area contributed by atoms with Crippen LogP contribution in [0.1, 0.15) is 50.4 Å². The molecule has 0 bridgehead atoms. The largest absolute Gasteiger partial charge is 0.491 e. The first kappa shape index (κ1) is 14.6. The van der Waals surface area contributed by atoms with E-state index in [1.807, 2.05) is 43.3 Å². The molecule has 0 heterocycles. The van der Waals surface area contributed by atoms with Crippen molar-refractivity contribution >= 4 is 16.6 Å². The number of ether oxygens (including phenoxy) is 1. The molecule has 0 aliphatic heterocycles. The fraction of sp³-hybridized carbons (Fsp3) is 0.389. The number of Topliss-reactive ketones (excluding diaryl/α,β-unsaturated/α-hetero) is 1. The Morgan fingerprint density at radius 2 is 1.80 bits per heavy atom. The molecule has 0 fully saturated rings. The van der Waals surface area contributed by atoms with E-state index in [1.165, 1.54) is 0 Å². The Hall–Kier alpha value is -1.83. The Morgan fingerprint density at radius 1 is 1.10 bits per heavy atom. The van der Waals surface area contributed by atoms with Crippen molar-refractivity contribution in [3.8, 4) is 5.75 Å². The van der Waals surface area contributed by atoms with Crippen LogP contribution in [0.5, 0.6) is 5.75 Å². The van der Waals surface area contributed by atoms with Crippen molar-refractivity contribution in [2.75, 3.05) is 0 Å². The average molecular weight is 270 g/mol. The smallest absolute Gasteiger partial charge is 0.162 e. The summed E-state index contributed by atoms with van der Waals surface area (Å²) in [6.45, 7) is 6.20. The van der Waals surface area contributed by atoms with Crippen LogP contribution in [0.15, 0.2) is 36.4 Å². The first-order chi connectivity index (χ1) is 9.63. The molecule has 0 aromatic heterocycles. The van der Waals surface area contributed by atoms with Crippen LogP contribution in [-0.4, -0.2) is 11.9 Å². The maximum absolute atomic E-state index is 11.9. The van der Waals surface area contributed by atoms with Gasteiger partial charge < -0.3 is 4.74 Å². The van der Waals surface area contributed by atoms with Gasteiger partial charge in [0.05, 0.1) is 6.10 Å². The van der Waals surface area contributed by atoms with Crippen LogP contribution in [-0.2, 0) is 0 Å². The minimum absolute atomic E-state index is 0.217. The Morgan fingerprint density at radius 3 is 2.50 bits per heavy atom. The van der Waals surface area contributed by atoms with Crippen LogP contribution in [0.4, 0.5) is 0 Å². The molecular formula is C18H22O2. The lowest BCUT2D eigenvalue weighted by molar-refractivity contribution is 0.0982. The average Bonchev–Trinajstić information content (AvgIpc) is 2.46. The molecule has 0 saturated heterocycles. The molecule has 0 amide bonds. The van der Waals surface area contributed by atoms with Gasteiger partial charge in [-0.1, -0.05) is 32.0 Å². The van der Waals surface area contributed by atoms with Crippen LogP contribution in [0, 0.1) is 0 Å². The highest BCUT2D eigenvalue weighted by Gasteiger charge is 2.07. The molecule has 20 heavy (non-hydrogen) atoms. The lowest BCUT2D eigenvalue weighted by atomic mass is 10.0. The predicted octanol–water partition coefficient (Wildman–Crippen LogP) is 5.00. The molecule has 1 unspecified atom stereocenters. The van der Waals surface area contributed by atoms with Crippen LogP contribution in [0.2, 0.25) is 0 Å². The van der Waals surface area contributed by atoms with Gasteiger partial charge in [-0.15, -0.1) is 0 Å². The molecule has 106 valence electrons. The molecule has 2 nitrogen and oxygen atoms in total. The fourth-order valence-electron chi connectivity index (χ4n) is 2.16. The number of benzene rings is 2. The first-order valence-electron chi connectivity index (χ1n) is 7.37. The monoisotopic (exact) mass is 270 g/mol. The van der Waals surface area contributed by atoms with Crippen molar-refractivity contribution in [2.45, 2.75) is 46.1 Å². The Balaban J connectivity index is 2.27. The topological polar surface area (TPSA) is 26.3 Å². The highest BCUT2D eigenvalue weighted by molar-refractivity contribution is 6.00. The van der Waals surface area contributed by atoms with Crippen molar-refractivity contribution in [2.24, 2.45) is 0 Å². The highest BCUT2D eigenvalue weighted by atomic mass is 16.5. The zero-order chi connectivity index (χ0) is 14.5. The summed E-state index contributed by atoms with van der Waals surface area (Å²) >= 11 is 0. The minimum atomic E-state index is 0.217. The summed E-state index contributed by atoms with van der Waals surface area (Å²) < 4.78 is 5.82. The summed E-state index contributed by atoms with van der Waals surface area (Å²) in [5.74, 6) is 1.11. The SMILES string of the molecule is CCCC(=O)c1ccc2cc(OC(C)CC)ccc2c1. The lowest BCUT2D eigenvalue weighted by Crippen LogP contribution is -2.09. The molecule has 0 aliphatic carbocycles. The Labute approximate surface area is 120 Å². The van der Waals surface area contributed by atoms with Gasteiger partial charge in [-0.2, -0.15) is 0 Å². The van der Waals surface area contributed by atoms with Crippen LogP contribution in [0.3, 0.4) is 0 Å². The van der Waals surface area contributed by atoms with E-state index in [2.05, 4.69) is 13.8 Å². The summed E-state index contributed by atoms with van der Waals surface area (Å²) in [7, 11) is 0. The fourth-order valence-corrected chi connectivity index (χ4v) is 2.16. The standard InChI is InChI=1S/C18H22O2/c1-4-6-18(19)16-8-7-15-12-17(20-13(3)5-2)10-9-14(15)11-16/h7-13H,4-6H2,1-3H3. The Bertz CT molecular complexity index is 601. The maximum atomic E-state index is 11.9. The third-order valence-corrected chi connectivity index (χ3v) is 3.52. The number of carbonyl (C=O) groups excluding carboxylic acids is 1. The van der Waals surface area contributed by atoms with Gasteiger partial charge >= 0.3 is 0 Å². The summed E-state index contributed by atoms with van der Waals surface area (Å²) in [5, 5.41) is 2.20. The number of carbonyl (C=O) groups is 1. The molecule has 0 radical (unpaired) electrons. The second kappa shape index (κ2) is 6.56. The number of fused-ring (bicyclic) bond motifs is 1. The predicted molar refractivity (Wildman–Crippen MR) is 83.6 cm³/mol. The molecule has 0 spiro atoms. The van der Waals surface area contributed by atoms with E-state index in [0.29, 0.717) is 6.42 Å². The van der Waals surface area contributed by atoms with Crippen molar-refractivity contribution < 1.29 is 9.53 Å². The van der Waals surface area contributed by atoms with E-state index in [0.717, 1.165) is 34.9 Å². The third-order valence-electron chi connectivity index (χ3n) is 3.52. The molecular weight excluding hydrogens is 248 g/mol. The number of hydrogen-bond donors (Lipinski definition) is 0. The van der Waals surface area contributed by atoms with Gasteiger partial charge in [0.15, 0.2) is 5.78 Å².